The van der Waals surface area contributed by atoms with E-state index in [1.807, 2.05) is 0 Å². The van der Waals surface area contributed by atoms with Crippen LogP contribution < -0.4 is 10.6 Å². The third-order valence-electron chi connectivity index (χ3n) is 4.74. The molecule has 1 spiro atoms. The van der Waals surface area contributed by atoms with Crippen LogP contribution in [0.2, 0.25) is 0 Å². The molecule has 3 aliphatic heterocycles. The van der Waals surface area contributed by atoms with Crippen molar-refractivity contribution < 1.29 is 13.2 Å². The maximum absolute atomic E-state index is 11.6. The summed E-state index contributed by atoms with van der Waals surface area (Å²) in [7, 11) is -2.77. The Balaban J connectivity index is 1.67. The van der Waals surface area contributed by atoms with Crippen LogP contribution in [0, 0.1) is 5.41 Å². The quantitative estimate of drug-likeness (QED) is 0.677. The van der Waals surface area contributed by atoms with Crippen molar-refractivity contribution in [1.82, 2.24) is 10.6 Å². The van der Waals surface area contributed by atoms with E-state index in [4.69, 9.17) is 4.74 Å². The van der Waals surface area contributed by atoms with Crippen LogP contribution in [0.15, 0.2) is 0 Å². The normalized spacial score (nSPS) is 38.9. The second-order valence-electron chi connectivity index (χ2n) is 5.82. The van der Waals surface area contributed by atoms with Crippen molar-refractivity contribution in [3.8, 4) is 0 Å². The number of ether oxygens (including phenoxy) is 1. The predicted octanol–water partition coefficient (Wildman–Crippen LogP) is -0.468. The van der Waals surface area contributed by atoms with Gasteiger partial charge in [0.05, 0.1) is 24.2 Å². The van der Waals surface area contributed by atoms with Gasteiger partial charge < -0.3 is 15.4 Å². The summed E-state index contributed by atoms with van der Waals surface area (Å²) in [5.74, 6) is 0.715. The number of hydrogen-bond donors (Lipinski definition) is 2. The summed E-state index contributed by atoms with van der Waals surface area (Å²) in [5.41, 5.74) is 0.181. The van der Waals surface area contributed by atoms with Gasteiger partial charge in [0.15, 0.2) is 0 Å². The molecule has 3 heterocycles. The highest BCUT2D eigenvalue weighted by Crippen LogP contribution is 2.43. The van der Waals surface area contributed by atoms with Crippen molar-refractivity contribution in [2.24, 2.45) is 5.41 Å². The Morgan fingerprint density at radius 3 is 2.61 bits per heavy atom. The Morgan fingerprint density at radius 2 is 1.94 bits per heavy atom. The zero-order valence-electron chi connectivity index (χ0n) is 10.7. The maximum atomic E-state index is 11.6. The Bertz CT molecular complexity index is 388. The first kappa shape index (κ1) is 12.8. The lowest BCUT2D eigenvalue weighted by Gasteiger charge is -2.55. The molecule has 0 aromatic rings. The van der Waals surface area contributed by atoms with Crippen molar-refractivity contribution in [3.05, 3.63) is 0 Å². The molecule has 2 N–H and O–H groups in total. The highest BCUT2D eigenvalue weighted by molar-refractivity contribution is 7.91. The average molecular weight is 274 g/mol. The van der Waals surface area contributed by atoms with Crippen LogP contribution in [0.1, 0.15) is 19.3 Å². The molecule has 3 fully saturated rings. The topological polar surface area (TPSA) is 67.4 Å². The van der Waals surface area contributed by atoms with Crippen molar-refractivity contribution in [2.45, 2.75) is 31.4 Å². The zero-order valence-corrected chi connectivity index (χ0v) is 11.5. The molecule has 0 amide bonds. The van der Waals surface area contributed by atoms with Crippen LogP contribution in [-0.4, -0.2) is 58.3 Å². The van der Waals surface area contributed by atoms with Crippen molar-refractivity contribution in [2.75, 3.05) is 37.7 Å². The number of rotatable bonds is 1. The summed E-state index contributed by atoms with van der Waals surface area (Å²) >= 11 is 0. The molecule has 3 aliphatic rings. The van der Waals surface area contributed by atoms with Gasteiger partial charge in [0.25, 0.3) is 0 Å². The summed E-state index contributed by atoms with van der Waals surface area (Å²) < 4.78 is 29.0. The molecule has 6 heteroatoms. The Hall–Kier alpha value is -0.170. The van der Waals surface area contributed by atoms with Crippen LogP contribution >= 0.6 is 0 Å². The van der Waals surface area contributed by atoms with E-state index >= 15 is 0 Å². The van der Waals surface area contributed by atoms with E-state index in [9.17, 15) is 8.42 Å². The smallest absolute Gasteiger partial charge is 0.150 e. The van der Waals surface area contributed by atoms with E-state index in [0.717, 1.165) is 45.5 Å². The van der Waals surface area contributed by atoms with Gasteiger partial charge in [-0.15, -0.1) is 0 Å². The Kier molecular flexibility index (Phi) is 3.38. The fraction of sp³-hybridized carbons (Fsp3) is 1.00. The zero-order chi connectivity index (χ0) is 12.6. The Morgan fingerprint density at radius 1 is 1.17 bits per heavy atom. The maximum Gasteiger partial charge on any atom is 0.150 e. The summed E-state index contributed by atoms with van der Waals surface area (Å²) in [6, 6.07) is 0.355. The largest absolute Gasteiger partial charge is 0.375 e. The van der Waals surface area contributed by atoms with E-state index in [1.54, 1.807) is 0 Å². The van der Waals surface area contributed by atoms with Gasteiger partial charge in [-0.05, 0) is 25.8 Å². The lowest BCUT2D eigenvalue weighted by Crippen LogP contribution is -2.69. The summed E-state index contributed by atoms with van der Waals surface area (Å²) in [5, 5.41) is 6.82. The second kappa shape index (κ2) is 4.74. The first-order valence-corrected chi connectivity index (χ1v) is 8.70. The van der Waals surface area contributed by atoms with E-state index in [1.165, 1.54) is 0 Å². The van der Waals surface area contributed by atoms with E-state index < -0.39 is 9.84 Å². The number of sulfone groups is 1. The van der Waals surface area contributed by atoms with Gasteiger partial charge in [0.1, 0.15) is 9.84 Å². The number of nitrogens with one attached hydrogen (secondary N) is 2. The molecule has 0 saturated carbocycles. The average Bonchev–Trinajstić information content (AvgIpc) is 2.57. The minimum Gasteiger partial charge on any atom is -0.375 e. The molecule has 0 aromatic heterocycles. The highest BCUT2D eigenvalue weighted by atomic mass is 32.2. The van der Waals surface area contributed by atoms with Gasteiger partial charge in [0, 0.05) is 24.5 Å². The molecule has 0 aliphatic carbocycles. The van der Waals surface area contributed by atoms with E-state index in [-0.39, 0.29) is 11.5 Å². The van der Waals surface area contributed by atoms with Crippen LogP contribution in [0.3, 0.4) is 0 Å². The van der Waals surface area contributed by atoms with E-state index in [2.05, 4.69) is 10.6 Å². The van der Waals surface area contributed by atoms with Gasteiger partial charge in [-0.1, -0.05) is 0 Å². The van der Waals surface area contributed by atoms with Gasteiger partial charge in [-0.2, -0.15) is 0 Å². The molecule has 2 unspecified atom stereocenters. The molecule has 18 heavy (non-hydrogen) atoms. The summed E-state index contributed by atoms with van der Waals surface area (Å²) in [4.78, 5) is 0. The van der Waals surface area contributed by atoms with Crippen molar-refractivity contribution in [1.29, 1.82) is 0 Å². The first-order chi connectivity index (χ1) is 8.61. The van der Waals surface area contributed by atoms with Gasteiger partial charge in [0.2, 0.25) is 0 Å². The fourth-order valence-corrected chi connectivity index (χ4v) is 5.10. The SMILES string of the molecule is O=S1(=O)CCC2(CC1)CNC2C1CCNCCO1. The van der Waals surface area contributed by atoms with Crippen molar-refractivity contribution in [3.63, 3.8) is 0 Å². The molecule has 5 nitrogen and oxygen atoms in total. The molecule has 104 valence electrons. The molecule has 3 saturated heterocycles. The monoisotopic (exact) mass is 274 g/mol. The molecule has 0 aromatic carbocycles. The third kappa shape index (κ3) is 2.31. The van der Waals surface area contributed by atoms with Crippen LogP contribution in [-0.2, 0) is 14.6 Å². The molecule has 0 bridgehead atoms. The fourth-order valence-electron chi connectivity index (χ4n) is 3.46. The number of hydrogen-bond acceptors (Lipinski definition) is 5. The minimum absolute atomic E-state index is 0.181. The second-order valence-corrected chi connectivity index (χ2v) is 8.12. The van der Waals surface area contributed by atoms with Gasteiger partial charge in [-0.25, -0.2) is 8.42 Å². The van der Waals surface area contributed by atoms with E-state index in [0.29, 0.717) is 17.5 Å². The van der Waals surface area contributed by atoms with Crippen LogP contribution in [0.25, 0.3) is 0 Å². The summed E-state index contributed by atoms with van der Waals surface area (Å²) in [6.45, 7) is 3.64. The predicted molar refractivity (Wildman–Crippen MR) is 69.3 cm³/mol. The van der Waals surface area contributed by atoms with Crippen LogP contribution in [0.4, 0.5) is 0 Å². The lowest BCUT2D eigenvalue weighted by atomic mass is 9.66. The van der Waals surface area contributed by atoms with Crippen LogP contribution in [0.5, 0.6) is 0 Å². The molecular formula is C12H22N2O3S. The first-order valence-electron chi connectivity index (χ1n) is 6.88. The standard InChI is InChI=1S/C12H22N2O3S/c15-18(16)7-2-12(3-8-18)9-14-11(12)10-1-4-13-5-6-17-10/h10-11,13-14H,1-9H2. The molecular weight excluding hydrogens is 252 g/mol. The third-order valence-corrected chi connectivity index (χ3v) is 6.40. The van der Waals surface area contributed by atoms with Gasteiger partial charge >= 0.3 is 0 Å². The molecule has 2 atom stereocenters. The molecule has 3 rings (SSSR count). The molecule has 0 radical (unpaired) electrons. The van der Waals surface area contributed by atoms with Crippen molar-refractivity contribution >= 4 is 9.84 Å². The Labute approximate surface area is 109 Å². The lowest BCUT2D eigenvalue weighted by molar-refractivity contribution is -0.0580. The van der Waals surface area contributed by atoms with Gasteiger partial charge in [-0.3, -0.25) is 0 Å². The highest BCUT2D eigenvalue weighted by Gasteiger charge is 2.52. The minimum atomic E-state index is -2.77. The summed E-state index contributed by atoms with van der Waals surface area (Å²) in [6.07, 6.45) is 2.88.